The molecule has 102 valence electrons. The second-order valence-electron chi connectivity index (χ2n) is 5.13. The highest BCUT2D eigenvalue weighted by Crippen LogP contribution is 2.17. The molecule has 0 spiro atoms. The summed E-state index contributed by atoms with van der Waals surface area (Å²) in [5.41, 5.74) is 1.15. The maximum Gasteiger partial charge on any atom is 0.126 e. The quantitative estimate of drug-likeness (QED) is 0.757. The van der Waals surface area contributed by atoms with E-state index in [4.69, 9.17) is 9.47 Å². The average Bonchev–Trinajstić information content (AvgIpc) is 2.32. The highest BCUT2D eigenvalue weighted by Gasteiger charge is 2.10. The Morgan fingerprint density at radius 1 is 1.28 bits per heavy atom. The van der Waals surface area contributed by atoms with Gasteiger partial charge in [0.25, 0.3) is 0 Å². The van der Waals surface area contributed by atoms with Gasteiger partial charge in [0.05, 0.1) is 6.61 Å². The first kappa shape index (κ1) is 14.9. The molecule has 1 aromatic rings. The Kier molecular flexibility index (Phi) is 6.09. The Balaban J connectivity index is 2.51. The Labute approximate surface area is 110 Å². The van der Waals surface area contributed by atoms with Crippen molar-refractivity contribution >= 4 is 0 Å². The lowest BCUT2D eigenvalue weighted by molar-refractivity contribution is 0.109. The molecule has 0 saturated heterocycles. The van der Waals surface area contributed by atoms with Crippen LogP contribution in [0.25, 0.3) is 0 Å². The molecule has 0 aromatic carbocycles. The van der Waals surface area contributed by atoms with Crippen molar-refractivity contribution in [1.82, 2.24) is 10.3 Å². The van der Waals surface area contributed by atoms with Gasteiger partial charge in [-0.1, -0.05) is 0 Å². The van der Waals surface area contributed by atoms with Gasteiger partial charge in [0.2, 0.25) is 0 Å². The smallest absolute Gasteiger partial charge is 0.126 e. The molecule has 0 aliphatic rings. The fourth-order valence-electron chi connectivity index (χ4n) is 1.40. The van der Waals surface area contributed by atoms with E-state index in [-0.39, 0.29) is 5.54 Å². The van der Waals surface area contributed by atoms with Gasteiger partial charge in [0.15, 0.2) is 0 Å². The first-order valence-electron chi connectivity index (χ1n) is 6.41. The van der Waals surface area contributed by atoms with Crippen molar-refractivity contribution in [3.8, 4) is 5.75 Å². The van der Waals surface area contributed by atoms with Gasteiger partial charge < -0.3 is 14.8 Å². The molecule has 1 rings (SSSR count). The van der Waals surface area contributed by atoms with E-state index in [1.54, 1.807) is 6.20 Å². The predicted molar refractivity (Wildman–Crippen MR) is 72.8 cm³/mol. The summed E-state index contributed by atoms with van der Waals surface area (Å²) in [6.45, 7) is 11.0. The standard InChI is InChI=1S/C14H24N2O2/c1-5-17-8-9-18-13-6-7-15-10-12(13)11-16-14(2,3)4/h6-7,10,16H,5,8-9,11H2,1-4H3. The van der Waals surface area contributed by atoms with E-state index >= 15 is 0 Å². The van der Waals surface area contributed by atoms with Gasteiger partial charge in [-0.15, -0.1) is 0 Å². The minimum atomic E-state index is 0.0818. The van der Waals surface area contributed by atoms with Crippen LogP contribution in [-0.4, -0.2) is 30.3 Å². The van der Waals surface area contributed by atoms with Crippen molar-refractivity contribution in [2.45, 2.75) is 39.8 Å². The fourth-order valence-corrected chi connectivity index (χ4v) is 1.40. The van der Waals surface area contributed by atoms with Crippen LogP contribution in [-0.2, 0) is 11.3 Å². The fraction of sp³-hybridized carbons (Fsp3) is 0.643. The molecule has 1 heterocycles. The van der Waals surface area contributed by atoms with Gasteiger partial charge in [-0.2, -0.15) is 0 Å². The molecule has 0 unspecified atom stereocenters. The molecule has 0 radical (unpaired) electrons. The number of pyridine rings is 1. The molecule has 0 bridgehead atoms. The summed E-state index contributed by atoms with van der Waals surface area (Å²) in [4.78, 5) is 4.14. The molecule has 0 aliphatic carbocycles. The summed E-state index contributed by atoms with van der Waals surface area (Å²) >= 11 is 0. The monoisotopic (exact) mass is 252 g/mol. The van der Waals surface area contributed by atoms with Crippen molar-refractivity contribution < 1.29 is 9.47 Å². The van der Waals surface area contributed by atoms with Crippen molar-refractivity contribution in [1.29, 1.82) is 0 Å². The van der Waals surface area contributed by atoms with E-state index in [0.29, 0.717) is 13.2 Å². The van der Waals surface area contributed by atoms with Gasteiger partial charge in [0, 0.05) is 36.6 Å². The SMILES string of the molecule is CCOCCOc1ccncc1CNC(C)(C)C. The van der Waals surface area contributed by atoms with Gasteiger partial charge in [0.1, 0.15) is 12.4 Å². The molecule has 0 saturated carbocycles. The van der Waals surface area contributed by atoms with Crippen LogP contribution in [0.4, 0.5) is 0 Å². The molecule has 4 nitrogen and oxygen atoms in total. The van der Waals surface area contributed by atoms with Crippen molar-refractivity contribution in [3.63, 3.8) is 0 Å². The Bertz CT molecular complexity index is 348. The lowest BCUT2D eigenvalue weighted by atomic mass is 10.1. The number of rotatable bonds is 7. The summed E-state index contributed by atoms with van der Waals surface area (Å²) in [5.74, 6) is 0.876. The molecule has 0 amide bonds. The molecule has 0 atom stereocenters. The van der Waals surface area contributed by atoms with E-state index < -0.39 is 0 Å². The van der Waals surface area contributed by atoms with Crippen molar-refractivity contribution in [3.05, 3.63) is 24.0 Å². The molecule has 0 fully saturated rings. The molecule has 18 heavy (non-hydrogen) atoms. The zero-order chi connectivity index (χ0) is 13.4. The first-order valence-corrected chi connectivity index (χ1v) is 6.41. The summed E-state index contributed by atoms with van der Waals surface area (Å²) in [5, 5.41) is 3.43. The average molecular weight is 252 g/mol. The van der Waals surface area contributed by atoms with Crippen LogP contribution >= 0.6 is 0 Å². The molecule has 4 heteroatoms. The largest absolute Gasteiger partial charge is 0.491 e. The summed E-state index contributed by atoms with van der Waals surface area (Å²) < 4.78 is 11.0. The van der Waals surface area contributed by atoms with Crippen LogP contribution in [0, 0.1) is 0 Å². The highest BCUT2D eigenvalue weighted by atomic mass is 16.5. The van der Waals surface area contributed by atoms with Crippen LogP contribution in [0.3, 0.4) is 0 Å². The van der Waals surface area contributed by atoms with Crippen LogP contribution in [0.2, 0.25) is 0 Å². The lowest BCUT2D eigenvalue weighted by Crippen LogP contribution is -2.35. The molecular formula is C14H24N2O2. The van der Waals surface area contributed by atoms with Crippen molar-refractivity contribution in [2.24, 2.45) is 0 Å². The van der Waals surface area contributed by atoms with Crippen LogP contribution in [0.1, 0.15) is 33.3 Å². The summed E-state index contributed by atoms with van der Waals surface area (Å²) in [6, 6.07) is 1.89. The van der Waals surface area contributed by atoms with Gasteiger partial charge in [-0.3, -0.25) is 4.98 Å². The van der Waals surface area contributed by atoms with E-state index in [0.717, 1.165) is 24.5 Å². The van der Waals surface area contributed by atoms with E-state index in [9.17, 15) is 0 Å². The summed E-state index contributed by atoms with van der Waals surface area (Å²) in [7, 11) is 0. The van der Waals surface area contributed by atoms with Crippen LogP contribution in [0.5, 0.6) is 5.75 Å². The Morgan fingerprint density at radius 3 is 2.72 bits per heavy atom. The molecule has 0 aliphatic heterocycles. The molecule has 1 aromatic heterocycles. The zero-order valence-corrected chi connectivity index (χ0v) is 11.8. The normalized spacial score (nSPS) is 11.6. The van der Waals surface area contributed by atoms with Crippen LogP contribution < -0.4 is 10.1 Å². The molecule has 1 N–H and O–H groups in total. The highest BCUT2D eigenvalue weighted by molar-refractivity contribution is 5.30. The summed E-state index contributed by atoms with van der Waals surface area (Å²) in [6.07, 6.45) is 3.59. The number of nitrogens with zero attached hydrogens (tertiary/aromatic N) is 1. The van der Waals surface area contributed by atoms with Crippen LogP contribution in [0.15, 0.2) is 18.5 Å². The third-order valence-corrected chi connectivity index (χ3v) is 2.36. The number of hydrogen-bond donors (Lipinski definition) is 1. The van der Waals surface area contributed by atoms with Gasteiger partial charge in [-0.05, 0) is 33.8 Å². The topological polar surface area (TPSA) is 43.4 Å². The predicted octanol–water partition coefficient (Wildman–Crippen LogP) is 2.39. The second kappa shape index (κ2) is 7.34. The number of aromatic nitrogens is 1. The third-order valence-electron chi connectivity index (χ3n) is 2.36. The van der Waals surface area contributed by atoms with E-state index in [2.05, 4.69) is 31.1 Å². The van der Waals surface area contributed by atoms with Gasteiger partial charge in [-0.25, -0.2) is 0 Å². The van der Waals surface area contributed by atoms with E-state index in [1.165, 1.54) is 0 Å². The van der Waals surface area contributed by atoms with E-state index in [1.807, 2.05) is 19.2 Å². The first-order chi connectivity index (χ1) is 8.53. The molecular weight excluding hydrogens is 228 g/mol. The number of nitrogens with one attached hydrogen (secondary N) is 1. The minimum absolute atomic E-state index is 0.0818. The number of hydrogen-bond acceptors (Lipinski definition) is 4. The second-order valence-corrected chi connectivity index (χ2v) is 5.13. The maximum absolute atomic E-state index is 5.70. The zero-order valence-electron chi connectivity index (χ0n) is 11.8. The number of ether oxygens (including phenoxy) is 2. The Hall–Kier alpha value is -1.13. The maximum atomic E-state index is 5.70. The lowest BCUT2D eigenvalue weighted by Gasteiger charge is -2.21. The Morgan fingerprint density at radius 2 is 2.06 bits per heavy atom. The third kappa shape index (κ3) is 5.98. The van der Waals surface area contributed by atoms with Crippen molar-refractivity contribution in [2.75, 3.05) is 19.8 Å². The van der Waals surface area contributed by atoms with Gasteiger partial charge >= 0.3 is 0 Å². The minimum Gasteiger partial charge on any atom is -0.491 e.